The Labute approximate surface area is 149 Å². The molecule has 2 fully saturated rings. The van der Waals surface area contributed by atoms with Gasteiger partial charge in [0.05, 0.1) is 12.1 Å². The molecular formula is C20H29FN2O2. The summed E-state index contributed by atoms with van der Waals surface area (Å²) in [4.78, 5) is 14.4. The van der Waals surface area contributed by atoms with Gasteiger partial charge in [0.25, 0.3) is 0 Å². The zero-order chi connectivity index (χ0) is 17.9. The van der Waals surface area contributed by atoms with E-state index < -0.39 is 5.60 Å². The number of hydrogen-bond donors (Lipinski definition) is 2. The lowest BCUT2D eigenvalue weighted by Crippen LogP contribution is -2.49. The van der Waals surface area contributed by atoms with Crippen LogP contribution in [0.25, 0.3) is 0 Å². The summed E-state index contributed by atoms with van der Waals surface area (Å²) in [5.74, 6) is 0.253. The minimum Gasteiger partial charge on any atom is -0.385 e. The number of nitrogens with zero attached hydrogens (tertiary/aromatic N) is 1. The van der Waals surface area contributed by atoms with E-state index >= 15 is 0 Å². The second kappa shape index (κ2) is 7.83. The van der Waals surface area contributed by atoms with E-state index in [0.29, 0.717) is 50.0 Å². The molecule has 5 heteroatoms. The molecule has 2 N–H and O–H groups in total. The van der Waals surface area contributed by atoms with Crippen LogP contribution in [-0.2, 0) is 10.4 Å². The van der Waals surface area contributed by atoms with Gasteiger partial charge in [0.1, 0.15) is 5.82 Å². The summed E-state index contributed by atoms with van der Waals surface area (Å²) < 4.78 is 14.0. The Morgan fingerprint density at radius 3 is 2.64 bits per heavy atom. The van der Waals surface area contributed by atoms with Crippen molar-refractivity contribution in [3.8, 4) is 0 Å². The van der Waals surface area contributed by atoms with E-state index in [2.05, 4.69) is 17.1 Å². The first-order chi connectivity index (χ1) is 12.0. The molecule has 0 aromatic heterocycles. The molecule has 1 aromatic rings. The van der Waals surface area contributed by atoms with E-state index in [1.165, 1.54) is 25.3 Å². The molecule has 0 bridgehead atoms. The number of rotatable bonds is 4. The number of benzene rings is 1. The molecule has 1 aliphatic carbocycles. The maximum atomic E-state index is 14.0. The summed E-state index contributed by atoms with van der Waals surface area (Å²) in [6, 6.07) is 6.72. The number of aliphatic hydroxyl groups is 1. The second-order valence-electron chi connectivity index (χ2n) is 7.72. The Morgan fingerprint density at radius 2 is 1.96 bits per heavy atom. The highest BCUT2D eigenvalue weighted by Crippen LogP contribution is 2.34. The summed E-state index contributed by atoms with van der Waals surface area (Å²) >= 11 is 0. The van der Waals surface area contributed by atoms with Crippen LogP contribution >= 0.6 is 0 Å². The fourth-order valence-corrected chi connectivity index (χ4v) is 4.18. The first kappa shape index (κ1) is 18.3. The minimum atomic E-state index is -1.13. The summed E-state index contributed by atoms with van der Waals surface area (Å²) in [5.41, 5.74) is -0.758. The molecule has 1 aliphatic heterocycles. The third-order valence-corrected chi connectivity index (χ3v) is 5.88. The standard InChI is InChI=1S/C20H29FN2O2/c1-15-6-2-5-9-18(15)22-19(24)14-23-12-10-20(25,11-13-23)16-7-3-4-8-17(16)21/h3-4,7-8,15,18,25H,2,5-6,9-14H2,1H3,(H,22,24)/t15-,18-/m0/s1. The monoisotopic (exact) mass is 348 g/mol. The van der Waals surface area contributed by atoms with E-state index in [4.69, 9.17) is 0 Å². The van der Waals surface area contributed by atoms with Gasteiger partial charge in [-0.2, -0.15) is 0 Å². The summed E-state index contributed by atoms with van der Waals surface area (Å²) in [6.45, 7) is 3.76. The van der Waals surface area contributed by atoms with Crippen molar-refractivity contribution in [1.29, 1.82) is 0 Å². The molecule has 1 saturated heterocycles. The van der Waals surface area contributed by atoms with Gasteiger partial charge in [-0.1, -0.05) is 38.0 Å². The van der Waals surface area contributed by atoms with Gasteiger partial charge >= 0.3 is 0 Å². The van der Waals surface area contributed by atoms with E-state index in [-0.39, 0.29) is 11.7 Å². The van der Waals surface area contributed by atoms with Gasteiger partial charge in [0, 0.05) is 24.7 Å². The molecule has 2 atom stereocenters. The lowest BCUT2D eigenvalue weighted by Gasteiger charge is -2.38. The molecule has 4 nitrogen and oxygen atoms in total. The van der Waals surface area contributed by atoms with Crippen LogP contribution in [0.5, 0.6) is 0 Å². The number of likely N-dealkylation sites (tertiary alicyclic amines) is 1. The number of carbonyl (C=O) groups excluding carboxylic acids is 1. The Morgan fingerprint density at radius 1 is 1.28 bits per heavy atom. The normalized spacial score (nSPS) is 27.0. The van der Waals surface area contributed by atoms with Gasteiger partial charge in [0.15, 0.2) is 0 Å². The third kappa shape index (κ3) is 4.39. The van der Waals surface area contributed by atoms with Gasteiger partial charge < -0.3 is 10.4 Å². The minimum absolute atomic E-state index is 0.0649. The zero-order valence-corrected chi connectivity index (χ0v) is 15.0. The lowest BCUT2D eigenvalue weighted by atomic mass is 9.84. The number of nitrogens with one attached hydrogen (secondary N) is 1. The highest BCUT2D eigenvalue weighted by atomic mass is 19.1. The Bertz CT molecular complexity index is 599. The van der Waals surface area contributed by atoms with Crippen molar-refractivity contribution in [3.05, 3.63) is 35.6 Å². The molecule has 1 saturated carbocycles. The molecule has 138 valence electrons. The number of hydrogen-bond acceptors (Lipinski definition) is 3. The highest BCUT2D eigenvalue weighted by molar-refractivity contribution is 5.78. The van der Waals surface area contributed by atoms with E-state index in [1.807, 2.05) is 0 Å². The largest absolute Gasteiger partial charge is 0.385 e. The molecule has 25 heavy (non-hydrogen) atoms. The van der Waals surface area contributed by atoms with Crippen molar-refractivity contribution in [1.82, 2.24) is 10.2 Å². The number of amides is 1. The van der Waals surface area contributed by atoms with Crippen molar-refractivity contribution >= 4 is 5.91 Å². The predicted molar refractivity (Wildman–Crippen MR) is 95.5 cm³/mol. The highest BCUT2D eigenvalue weighted by Gasteiger charge is 2.36. The molecule has 1 aromatic carbocycles. The fraction of sp³-hybridized carbons (Fsp3) is 0.650. The zero-order valence-electron chi connectivity index (χ0n) is 15.0. The smallest absolute Gasteiger partial charge is 0.234 e. The van der Waals surface area contributed by atoms with Crippen molar-refractivity contribution in [2.75, 3.05) is 19.6 Å². The van der Waals surface area contributed by atoms with Crippen molar-refractivity contribution in [3.63, 3.8) is 0 Å². The quantitative estimate of drug-likeness (QED) is 0.880. The Balaban J connectivity index is 1.50. The second-order valence-corrected chi connectivity index (χ2v) is 7.72. The summed E-state index contributed by atoms with van der Waals surface area (Å²) in [6.07, 6.45) is 5.59. The maximum Gasteiger partial charge on any atom is 0.234 e. The molecule has 0 spiro atoms. The van der Waals surface area contributed by atoms with Crippen LogP contribution in [-0.4, -0.2) is 41.6 Å². The van der Waals surface area contributed by atoms with E-state index in [9.17, 15) is 14.3 Å². The molecule has 3 rings (SSSR count). The molecule has 2 aliphatic rings. The van der Waals surface area contributed by atoms with Gasteiger partial charge in [0.2, 0.25) is 5.91 Å². The van der Waals surface area contributed by atoms with E-state index in [0.717, 1.165) is 6.42 Å². The lowest BCUT2D eigenvalue weighted by molar-refractivity contribution is -0.125. The fourth-order valence-electron chi connectivity index (χ4n) is 4.18. The number of halogens is 1. The van der Waals surface area contributed by atoms with E-state index in [1.54, 1.807) is 18.2 Å². The van der Waals surface area contributed by atoms with Crippen LogP contribution in [0, 0.1) is 11.7 Å². The number of piperidine rings is 1. The number of carbonyl (C=O) groups is 1. The van der Waals surface area contributed by atoms with Crippen molar-refractivity contribution in [2.45, 2.75) is 57.1 Å². The molecule has 0 radical (unpaired) electrons. The Kier molecular flexibility index (Phi) is 5.74. The maximum absolute atomic E-state index is 14.0. The average Bonchev–Trinajstić information content (AvgIpc) is 2.59. The molecule has 1 heterocycles. The van der Waals surface area contributed by atoms with Crippen LogP contribution < -0.4 is 5.32 Å². The van der Waals surface area contributed by atoms with Crippen LogP contribution in [0.2, 0.25) is 0 Å². The van der Waals surface area contributed by atoms with Crippen molar-refractivity contribution < 1.29 is 14.3 Å². The molecular weight excluding hydrogens is 319 g/mol. The molecule has 0 unspecified atom stereocenters. The van der Waals surface area contributed by atoms with Gasteiger partial charge in [-0.3, -0.25) is 9.69 Å². The predicted octanol–water partition coefficient (Wildman–Crippen LogP) is 2.80. The van der Waals surface area contributed by atoms with Gasteiger partial charge in [-0.25, -0.2) is 4.39 Å². The van der Waals surface area contributed by atoms with Crippen LogP contribution in [0.1, 0.15) is 51.0 Å². The van der Waals surface area contributed by atoms with Crippen LogP contribution in [0.4, 0.5) is 4.39 Å². The topological polar surface area (TPSA) is 52.6 Å². The SMILES string of the molecule is C[C@H]1CCCC[C@@H]1NC(=O)CN1CCC(O)(c2ccccc2F)CC1. The molecule has 1 amide bonds. The third-order valence-electron chi connectivity index (χ3n) is 5.88. The first-order valence-corrected chi connectivity index (χ1v) is 9.47. The Hall–Kier alpha value is -1.46. The summed E-state index contributed by atoms with van der Waals surface area (Å²) in [7, 11) is 0. The summed E-state index contributed by atoms with van der Waals surface area (Å²) in [5, 5.41) is 14.0. The average molecular weight is 348 g/mol. The van der Waals surface area contributed by atoms with Crippen LogP contribution in [0.3, 0.4) is 0 Å². The first-order valence-electron chi connectivity index (χ1n) is 9.47. The van der Waals surface area contributed by atoms with Gasteiger partial charge in [-0.05, 0) is 37.7 Å². The van der Waals surface area contributed by atoms with Crippen molar-refractivity contribution in [2.24, 2.45) is 5.92 Å². The van der Waals surface area contributed by atoms with Crippen LogP contribution in [0.15, 0.2) is 24.3 Å². The van der Waals surface area contributed by atoms with Gasteiger partial charge in [-0.15, -0.1) is 0 Å².